The third-order valence-corrected chi connectivity index (χ3v) is 3.14. The van der Waals surface area contributed by atoms with Crippen molar-refractivity contribution < 1.29 is 8.78 Å². The van der Waals surface area contributed by atoms with Crippen LogP contribution in [0.2, 0.25) is 0 Å². The molecule has 0 saturated carbocycles. The van der Waals surface area contributed by atoms with E-state index < -0.39 is 6.08 Å². The molecule has 2 aromatic rings. The fourth-order valence-electron chi connectivity index (χ4n) is 1.96. The number of hydrogen-bond acceptors (Lipinski definition) is 0. The standard InChI is InChI=1S/C17H16F2/c1-2-13-3-8-15(9-4-13)16-10-5-14(6-11-16)7-12-17(18)19/h3-6,8-12H,2,7H2,1H3. The average molecular weight is 258 g/mol. The van der Waals surface area contributed by atoms with E-state index in [1.54, 1.807) is 0 Å². The van der Waals surface area contributed by atoms with E-state index in [1.165, 1.54) is 5.56 Å². The van der Waals surface area contributed by atoms with Crippen LogP contribution in [0.15, 0.2) is 60.7 Å². The summed E-state index contributed by atoms with van der Waals surface area (Å²) in [6.07, 6.45) is 0.613. The van der Waals surface area contributed by atoms with Crippen molar-refractivity contribution in [2.45, 2.75) is 19.8 Å². The van der Waals surface area contributed by atoms with Crippen molar-refractivity contribution in [3.63, 3.8) is 0 Å². The summed E-state index contributed by atoms with van der Waals surface area (Å²) < 4.78 is 24.0. The third kappa shape index (κ3) is 3.75. The molecule has 0 aromatic heterocycles. The normalized spacial score (nSPS) is 10.3. The van der Waals surface area contributed by atoms with Gasteiger partial charge in [-0.2, -0.15) is 8.78 Å². The highest BCUT2D eigenvalue weighted by molar-refractivity contribution is 5.64. The molecule has 0 fully saturated rings. The Kier molecular flexibility index (Phi) is 4.45. The van der Waals surface area contributed by atoms with Gasteiger partial charge in [0.2, 0.25) is 0 Å². The lowest BCUT2D eigenvalue weighted by Gasteiger charge is -2.04. The fraction of sp³-hybridized carbons (Fsp3) is 0.176. The van der Waals surface area contributed by atoms with E-state index >= 15 is 0 Å². The van der Waals surface area contributed by atoms with Gasteiger partial charge in [0.25, 0.3) is 6.08 Å². The Morgan fingerprint density at radius 3 is 1.74 bits per heavy atom. The molecule has 19 heavy (non-hydrogen) atoms. The molecule has 0 saturated heterocycles. The first-order chi connectivity index (χ1) is 9.19. The van der Waals surface area contributed by atoms with E-state index in [1.807, 2.05) is 24.3 Å². The van der Waals surface area contributed by atoms with Gasteiger partial charge in [-0.1, -0.05) is 55.5 Å². The van der Waals surface area contributed by atoms with Gasteiger partial charge in [0.1, 0.15) is 0 Å². The third-order valence-electron chi connectivity index (χ3n) is 3.14. The van der Waals surface area contributed by atoms with Crippen LogP contribution in [-0.4, -0.2) is 0 Å². The van der Waals surface area contributed by atoms with Gasteiger partial charge in [-0.25, -0.2) is 0 Å². The van der Waals surface area contributed by atoms with E-state index in [-0.39, 0.29) is 6.42 Å². The van der Waals surface area contributed by atoms with Crippen LogP contribution >= 0.6 is 0 Å². The number of hydrogen-bond donors (Lipinski definition) is 0. The highest BCUT2D eigenvalue weighted by Crippen LogP contribution is 2.21. The van der Waals surface area contributed by atoms with Crippen LogP contribution in [0.1, 0.15) is 18.1 Å². The van der Waals surface area contributed by atoms with Crippen LogP contribution in [0.3, 0.4) is 0 Å². The van der Waals surface area contributed by atoms with Crippen LogP contribution in [-0.2, 0) is 12.8 Å². The predicted octanol–water partition coefficient (Wildman–Crippen LogP) is 5.24. The first kappa shape index (κ1) is 13.5. The minimum atomic E-state index is -1.63. The molecule has 2 heteroatoms. The zero-order chi connectivity index (χ0) is 13.7. The summed E-state index contributed by atoms with van der Waals surface area (Å²) in [7, 11) is 0. The molecule has 0 amide bonds. The maximum Gasteiger partial charge on any atom is 0.266 e. The molecular formula is C17H16F2. The van der Waals surface area contributed by atoms with Crippen molar-refractivity contribution in [2.24, 2.45) is 0 Å². The predicted molar refractivity (Wildman–Crippen MR) is 75.3 cm³/mol. The maximum atomic E-state index is 12.0. The van der Waals surface area contributed by atoms with Crippen molar-refractivity contribution in [2.75, 3.05) is 0 Å². The van der Waals surface area contributed by atoms with E-state index in [4.69, 9.17) is 0 Å². The largest absolute Gasteiger partial charge is 0.266 e. The van der Waals surface area contributed by atoms with Gasteiger partial charge in [0.05, 0.1) is 0 Å². The number of allylic oxidation sites excluding steroid dienone is 1. The summed E-state index contributed by atoms with van der Waals surface area (Å²) in [5.74, 6) is 0. The molecular weight excluding hydrogens is 242 g/mol. The molecule has 98 valence electrons. The van der Waals surface area contributed by atoms with Gasteiger partial charge in [-0.05, 0) is 41.2 Å². The monoisotopic (exact) mass is 258 g/mol. The Hall–Kier alpha value is -1.96. The van der Waals surface area contributed by atoms with E-state index in [0.717, 1.165) is 29.2 Å². The van der Waals surface area contributed by atoms with Crippen molar-refractivity contribution in [1.29, 1.82) is 0 Å². The molecule has 0 atom stereocenters. The number of benzene rings is 2. The Morgan fingerprint density at radius 2 is 1.32 bits per heavy atom. The van der Waals surface area contributed by atoms with Crippen LogP contribution in [0.25, 0.3) is 11.1 Å². The zero-order valence-electron chi connectivity index (χ0n) is 10.9. The highest BCUT2D eigenvalue weighted by atomic mass is 19.3. The second kappa shape index (κ2) is 6.28. The molecule has 0 spiro atoms. The van der Waals surface area contributed by atoms with Crippen LogP contribution in [0.4, 0.5) is 8.78 Å². The summed E-state index contributed by atoms with van der Waals surface area (Å²) >= 11 is 0. The topological polar surface area (TPSA) is 0 Å². The van der Waals surface area contributed by atoms with E-state index in [2.05, 4.69) is 31.2 Å². The Balaban J connectivity index is 2.15. The molecule has 0 radical (unpaired) electrons. The minimum Gasteiger partial charge on any atom is -0.174 e. The Bertz CT molecular complexity index is 547. The Labute approximate surface area is 112 Å². The molecule has 0 bridgehead atoms. The molecule has 0 aliphatic rings. The van der Waals surface area contributed by atoms with E-state index in [0.29, 0.717) is 0 Å². The minimum absolute atomic E-state index is 0.275. The summed E-state index contributed by atoms with van der Waals surface area (Å²) in [5, 5.41) is 0. The fourth-order valence-corrected chi connectivity index (χ4v) is 1.96. The van der Waals surface area contributed by atoms with Gasteiger partial charge < -0.3 is 0 Å². The van der Waals surface area contributed by atoms with Gasteiger partial charge in [-0.3, -0.25) is 0 Å². The van der Waals surface area contributed by atoms with Gasteiger partial charge in [0, 0.05) is 0 Å². The van der Waals surface area contributed by atoms with Crippen molar-refractivity contribution >= 4 is 0 Å². The lowest BCUT2D eigenvalue weighted by molar-refractivity contribution is 0.418. The van der Waals surface area contributed by atoms with Crippen LogP contribution in [0, 0.1) is 0 Å². The lowest BCUT2D eigenvalue weighted by Crippen LogP contribution is -1.84. The SMILES string of the molecule is CCc1ccc(-c2ccc(CC=C(F)F)cc2)cc1. The van der Waals surface area contributed by atoms with Crippen molar-refractivity contribution in [1.82, 2.24) is 0 Å². The van der Waals surface area contributed by atoms with Crippen molar-refractivity contribution in [3.05, 3.63) is 71.8 Å². The highest BCUT2D eigenvalue weighted by Gasteiger charge is 1.99. The Morgan fingerprint density at radius 1 is 0.842 bits per heavy atom. The van der Waals surface area contributed by atoms with Gasteiger partial charge >= 0.3 is 0 Å². The molecule has 0 N–H and O–H groups in total. The van der Waals surface area contributed by atoms with Crippen LogP contribution < -0.4 is 0 Å². The first-order valence-electron chi connectivity index (χ1n) is 6.38. The molecule has 0 aliphatic heterocycles. The second-order valence-electron chi connectivity index (χ2n) is 4.45. The number of halogens is 2. The van der Waals surface area contributed by atoms with E-state index in [9.17, 15) is 8.78 Å². The quantitative estimate of drug-likeness (QED) is 0.703. The molecule has 0 unspecified atom stereocenters. The van der Waals surface area contributed by atoms with Gasteiger partial charge in [0.15, 0.2) is 0 Å². The summed E-state index contributed by atoms with van der Waals surface area (Å²) in [5.41, 5.74) is 4.46. The lowest BCUT2D eigenvalue weighted by atomic mass is 10.0. The molecule has 2 rings (SSSR count). The average Bonchev–Trinajstić information content (AvgIpc) is 2.46. The van der Waals surface area contributed by atoms with Gasteiger partial charge in [-0.15, -0.1) is 0 Å². The van der Waals surface area contributed by atoms with Crippen LogP contribution in [0.5, 0.6) is 0 Å². The number of aryl methyl sites for hydroxylation is 1. The maximum absolute atomic E-state index is 12.0. The van der Waals surface area contributed by atoms with Crippen molar-refractivity contribution in [3.8, 4) is 11.1 Å². The summed E-state index contributed by atoms with van der Waals surface area (Å²) in [6.45, 7) is 2.13. The molecule has 0 aliphatic carbocycles. The first-order valence-corrected chi connectivity index (χ1v) is 6.38. The zero-order valence-corrected chi connectivity index (χ0v) is 10.9. The summed E-state index contributed by atoms with van der Waals surface area (Å²) in [6, 6.07) is 16.1. The smallest absolute Gasteiger partial charge is 0.174 e. The molecule has 0 heterocycles. The molecule has 2 aromatic carbocycles. The second-order valence-corrected chi connectivity index (χ2v) is 4.45. The molecule has 0 nitrogen and oxygen atoms in total. The summed E-state index contributed by atoms with van der Waals surface area (Å²) in [4.78, 5) is 0. The number of rotatable bonds is 4.